The van der Waals surface area contributed by atoms with Gasteiger partial charge in [0.15, 0.2) is 6.10 Å². The van der Waals surface area contributed by atoms with E-state index in [2.05, 4.69) is 35.3 Å². The predicted octanol–water partition coefficient (Wildman–Crippen LogP) is 5.97. The van der Waals surface area contributed by atoms with E-state index < -0.39 is 17.7 Å². The van der Waals surface area contributed by atoms with E-state index in [-0.39, 0.29) is 5.41 Å². The van der Waals surface area contributed by atoms with Crippen LogP contribution in [0.15, 0.2) is 36.7 Å². The van der Waals surface area contributed by atoms with Crippen LogP contribution in [0.5, 0.6) is 5.75 Å². The van der Waals surface area contributed by atoms with Crippen molar-refractivity contribution in [1.29, 1.82) is 0 Å². The topological polar surface area (TPSA) is 84.8 Å². The second-order valence-electron chi connectivity index (χ2n) is 11.2. The van der Waals surface area contributed by atoms with Crippen LogP contribution in [0.3, 0.4) is 0 Å². The molecule has 1 aliphatic rings. The fourth-order valence-electron chi connectivity index (χ4n) is 4.20. The molecule has 190 valence electrons. The standard InChI is InChI=1S/C28H39N3O4/c1-18(2)17-34-20-9-10-22(30-15-20)21-16-29-19(3)23(25(26(32)33)35-27(4,5)6)24(21)31-13-11-28(7,8)12-14-31/h9-10,15-16,25H,1,11-14,17H2,2-8H3,(H,32,33)/t25-/m0/s1. The Kier molecular flexibility index (Phi) is 7.90. The van der Waals surface area contributed by atoms with Gasteiger partial charge in [-0.1, -0.05) is 20.4 Å². The van der Waals surface area contributed by atoms with Crippen molar-refractivity contribution in [2.45, 2.75) is 73.0 Å². The average Bonchev–Trinajstić information content (AvgIpc) is 2.76. The highest BCUT2D eigenvalue weighted by Gasteiger charge is 2.35. The van der Waals surface area contributed by atoms with Crippen LogP contribution in [0, 0.1) is 12.3 Å². The van der Waals surface area contributed by atoms with Gasteiger partial charge in [0.05, 0.1) is 23.2 Å². The molecule has 3 heterocycles. The molecule has 0 radical (unpaired) electrons. The molecule has 1 aliphatic heterocycles. The molecule has 0 aromatic carbocycles. The minimum Gasteiger partial charge on any atom is -0.488 e. The van der Waals surface area contributed by atoms with Crippen molar-refractivity contribution in [3.63, 3.8) is 0 Å². The summed E-state index contributed by atoms with van der Waals surface area (Å²) in [5, 5.41) is 10.2. The Morgan fingerprint density at radius 3 is 2.37 bits per heavy atom. The Morgan fingerprint density at radius 2 is 1.86 bits per heavy atom. The van der Waals surface area contributed by atoms with Gasteiger partial charge in [-0.05, 0) is 70.6 Å². The molecule has 0 aliphatic carbocycles. The predicted molar refractivity (Wildman–Crippen MR) is 139 cm³/mol. The highest BCUT2D eigenvalue weighted by Crippen LogP contribution is 2.43. The molecule has 0 spiro atoms. The van der Waals surface area contributed by atoms with Crippen LogP contribution in [0.1, 0.15) is 71.7 Å². The number of hydrogen-bond acceptors (Lipinski definition) is 6. The van der Waals surface area contributed by atoms with E-state index in [4.69, 9.17) is 9.47 Å². The number of ether oxygens (including phenoxy) is 2. The number of piperidine rings is 1. The third-order valence-corrected chi connectivity index (χ3v) is 6.18. The first-order valence-corrected chi connectivity index (χ1v) is 12.2. The fraction of sp³-hybridized carbons (Fsp3) is 0.536. The summed E-state index contributed by atoms with van der Waals surface area (Å²) in [6, 6.07) is 3.76. The lowest BCUT2D eigenvalue weighted by Gasteiger charge is -2.40. The largest absolute Gasteiger partial charge is 0.488 e. The monoisotopic (exact) mass is 481 g/mol. The lowest BCUT2D eigenvalue weighted by molar-refractivity contribution is -0.160. The van der Waals surface area contributed by atoms with E-state index >= 15 is 0 Å². The Balaban J connectivity index is 2.14. The molecule has 2 aromatic heterocycles. The lowest BCUT2D eigenvalue weighted by atomic mass is 9.82. The molecular formula is C28H39N3O4. The number of aliphatic carboxylic acids is 1. The van der Waals surface area contributed by atoms with Gasteiger partial charge in [0.2, 0.25) is 0 Å². The van der Waals surface area contributed by atoms with Crippen LogP contribution in [-0.4, -0.2) is 46.3 Å². The molecule has 1 saturated heterocycles. The van der Waals surface area contributed by atoms with Crippen molar-refractivity contribution in [3.05, 3.63) is 47.9 Å². The Hall–Kier alpha value is -2.93. The quantitative estimate of drug-likeness (QED) is 0.465. The molecule has 0 unspecified atom stereocenters. The number of pyridine rings is 2. The van der Waals surface area contributed by atoms with Crippen LogP contribution < -0.4 is 9.64 Å². The van der Waals surface area contributed by atoms with Crippen molar-refractivity contribution in [1.82, 2.24) is 9.97 Å². The van der Waals surface area contributed by atoms with E-state index in [0.717, 1.165) is 42.8 Å². The van der Waals surface area contributed by atoms with Crippen molar-refractivity contribution in [3.8, 4) is 17.0 Å². The minimum atomic E-state index is -1.15. The first-order chi connectivity index (χ1) is 16.3. The van der Waals surface area contributed by atoms with Crippen LogP contribution in [0.25, 0.3) is 11.3 Å². The van der Waals surface area contributed by atoms with Crippen molar-refractivity contribution < 1.29 is 19.4 Å². The number of aryl methyl sites for hydroxylation is 1. The fourth-order valence-corrected chi connectivity index (χ4v) is 4.20. The summed E-state index contributed by atoms with van der Waals surface area (Å²) < 4.78 is 11.8. The van der Waals surface area contributed by atoms with E-state index in [1.807, 2.05) is 46.8 Å². The van der Waals surface area contributed by atoms with Gasteiger partial charge in [0.1, 0.15) is 12.4 Å². The Labute approximate surface area is 209 Å². The normalized spacial score (nSPS) is 16.6. The van der Waals surface area contributed by atoms with E-state index in [1.54, 1.807) is 12.4 Å². The van der Waals surface area contributed by atoms with Gasteiger partial charge in [-0.3, -0.25) is 9.97 Å². The molecule has 1 atom stereocenters. The maximum absolute atomic E-state index is 12.5. The smallest absolute Gasteiger partial charge is 0.337 e. The number of nitrogens with zero attached hydrogens (tertiary/aromatic N) is 3. The highest BCUT2D eigenvalue weighted by molar-refractivity contribution is 5.85. The maximum atomic E-state index is 12.5. The number of hydrogen-bond donors (Lipinski definition) is 1. The van der Waals surface area contributed by atoms with E-state index in [0.29, 0.717) is 29.3 Å². The van der Waals surface area contributed by atoms with Gasteiger partial charge in [0.25, 0.3) is 0 Å². The van der Waals surface area contributed by atoms with Gasteiger partial charge >= 0.3 is 5.97 Å². The average molecular weight is 482 g/mol. The molecule has 7 heteroatoms. The van der Waals surface area contributed by atoms with Gasteiger partial charge < -0.3 is 19.5 Å². The van der Waals surface area contributed by atoms with E-state index in [1.165, 1.54) is 0 Å². The summed E-state index contributed by atoms with van der Waals surface area (Å²) in [6.45, 7) is 19.8. The summed E-state index contributed by atoms with van der Waals surface area (Å²) >= 11 is 0. The molecule has 7 nitrogen and oxygen atoms in total. The summed E-state index contributed by atoms with van der Waals surface area (Å²) in [5.41, 5.74) is 4.10. The SMILES string of the molecule is C=C(C)COc1ccc(-c2cnc(C)c([C@H](OC(C)(C)C)C(=O)O)c2N2CCC(C)(C)CC2)nc1. The molecule has 35 heavy (non-hydrogen) atoms. The number of rotatable bonds is 8. The summed E-state index contributed by atoms with van der Waals surface area (Å²) in [5.74, 6) is -0.380. The number of carboxylic acid groups (broad SMARTS) is 1. The molecule has 1 N–H and O–H groups in total. The molecule has 0 bridgehead atoms. The van der Waals surface area contributed by atoms with Crippen molar-refractivity contribution >= 4 is 11.7 Å². The summed E-state index contributed by atoms with van der Waals surface area (Å²) in [4.78, 5) is 24.0. The summed E-state index contributed by atoms with van der Waals surface area (Å²) in [7, 11) is 0. The second-order valence-corrected chi connectivity index (χ2v) is 11.2. The zero-order chi connectivity index (χ0) is 26.0. The van der Waals surface area contributed by atoms with Gasteiger partial charge in [-0.2, -0.15) is 0 Å². The van der Waals surface area contributed by atoms with Crippen molar-refractivity contribution in [2.24, 2.45) is 5.41 Å². The Bertz CT molecular complexity index is 1060. The zero-order valence-electron chi connectivity index (χ0n) is 22.1. The second kappa shape index (κ2) is 10.4. The van der Waals surface area contributed by atoms with Gasteiger partial charge in [0, 0.05) is 36.1 Å². The highest BCUT2D eigenvalue weighted by atomic mass is 16.5. The maximum Gasteiger partial charge on any atom is 0.337 e. The number of carbonyl (C=O) groups is 1. The molecule has 0 amide bonds. The zero-order valence-corrected chi connectivity index (χ0v) is 22.1. The van der Waals surface area contributed by atoms with Crippen LogP contribution >= 0.6 is 0 Å². The number of carboxylic acids is 1. The minimum absolute atomic E-state index is 0.244. The molecule has 1 fully saturated rings. The Morgan fingerprint density at radius 1 is 1.20 bits per heavy atom. The van der Waals surface area contributed by atoms with Crippen molar-refractivity contribution in [2.75, 3.05) is 24.6 Å². The van der Waals surface area contributed by atoms with E-state index in [9.17, 15) is 9.90 Å². The molecule has 0 saturated carbocycles. The van der Waals surface area contributed by atoms with Gasteiger partial charge in [-0.15, -0.1) is 0 Å². The van der Waals surface area contributed by atoms with Crippen LogP contribution in [0.2, 0.25) is 0 Å². The van der Waals surface area contributed by atoms with Gasteiger partial charge in [-0.25, -0.2) is 4.79 Å². The first-order valence-electron chi connectivity index (χ1n) is 12.2. The summed E-state index contributed by atoms with van der Waals surface area (Å²) in [6.07, 6.45) is 4.34. The third-order valence-electron chi connectivity index (χ3n) is 6.18. The molecule has 3 rings (SSSR count). The first kappa shape index (κ1) is 26.7. The van der Waals surface area contributed by atoms with Crippen LogP contribution in [-0.2, 0) is 9.53 Å². The number of anilines is 1. The van der Waals surface area contributed by atoms with Crippen LogP contribution in [0.4, 0.5) is 5.69 Å². The third kappa shape index (κ3) is 6.82. The molecular weight excluding hydrogens is 442 g/mol. The number of aromatic nitrogens is 2. The lowest BCUT2D eigenvalue weighted by Crippen LogP contribution is -2.39. The molecule has 2 aromatic rings.